The van der Waals surface area contributed by atoms with Crippen LogP contribution in [0.5, 0.6) is 0 Å². The van der Waals surface area contributed by atoms with Crippen LogP contribution in [0.25, 0.3) is 0 Å². The van der Waals surface area contributed by atoms with Gasteiger partial charge in [-0.25, -0.2) is 0 Å². The molecule has 2 aromatic carbocycles. The highest BCUT2D eigenvalue weighted by atomic mass is 32.2. The fourth-order valence-electron chi connectivity index (χ4n) is 3.22. The van der Waals surface area contributed by atoms with E-state index in [1.165, 1.54) is 0 Å². The summed E-state index contributed by atoms with van der Waals surface area (Å²) in [7, 11) is 0. The third-order valence-electron chi connectivity index (χ3n) is 5.11. The van der Waals surface area contributed by atoms with Gasteiger partial charge in [-0.3, -0.25) is 20.2 Å². The molecule has 10 heteroatoms. The molecule has 1 fully saturated rings. The fraction of sp³-hybridized carbons (Fsp3) is 0.333. The summed E-state index contributed by atoms with van der Waals surface area (Å²) >= 11 is 15.0. The van der Waals surface area contributed by atoms with Crippen molar-refractivity contribution < 1.29 is 9.59 Å². The molecule has 0 aromatic heterocycles. The Bertz CT molecular complexity index is 896. The molecule has 1 saturated heterocycles. The van der Waals surface area contributed by atoms with Gasteiger partial charge in [0, 0.05) is 60.3 Å². The molecule has 6 nitrogen and oxygen atoms in total. The van der Waals surface area contributed by atoms with Crippen molar-refractivity contribution in [3.63, 3.8) is 0 Å². The molecule has 0 radical (unpaired) electrons. The topological polar surface area (TPSA) is 64.7 Å². The highest BCUT2D eigenvalue weighted by Gasteiger charge is 2.19. The van der Waals surface area contributed by atoms with Crippen molar-refractivity contribution in [1.82, 2.24) is 20.4 Å². The van der Waals surface area contributed by atoms with Crippen LogP contribution in [-0.2, 0) is 0 Å². The maximum absolute atomic E-state index is 12.6. The predicted octanol–water partition coefficient (Wildman–Crippen LogP) is 3.50. The summed E-state index contributed by atoms with van der Waals surface area (Å²) < 4.78 is 0. The summed E-state index contributed by atoms with van der Waals surface area (Å²) in [4.78, 5) is 29.2. The molecule has 0 saturated carbocycles. The maximum Gasteiger partial charge on any atom is 0.257 e. The summed E-state index contributed by atoms with van der Waals surface area (Å²) in [5, 5.41) is 6.53. The zero-order valence-corrected chi connectivity index (χ0v) is 22.0. The van der Waals surface area contributed by atoms with E-state index in [9.17, 15) is 9.59 Å². The van der Waals surface area contributed by atoms with E-state index in [1.807, 2.05) is 69.7 Å². The Hall–Kier alpha value is -2.14. The molecule has 0 bridgehead atoms. The van der Waals surface area contributed by atoms with Gasteiger partial charge < -0.3 is 9.80 Å². The third kappa shape index (κ3) is 8.57. The maximum atomic E-state index is 12.6. The minimum absolute atomic E-state index is 0.219. The van der Waals surface area contributed by atoms with Crippen molar-refractivity contribution in [2.45, 2.75) is 0 Å². The molecule has 34 heavy (non-hydrogen) atoms. The zero-order valence-electron chi connectivity index (χ0n) is 18.8. The molecule has 1 aliphatic heterocycles. The molecule has 0 unspecified atom stereocenters. The number of rotatable bonds is 2. The van der Waals surface area contributed by atoms with E-state index in [1.54, 1.807) is 24.3 Å². The van der Waals surface area contributed by atoms with E-state index in [0.717, 1.165) is 36.1 Å². The van der Waals surface area contributed by atoms with Gasteiger partial charge in [-0.15, -0.1) is 0 Å². The summed E-state index contributed by atoms with van der Waals surface area (Å²) in [5.74, 6) is 3.49. The molecule has 2 amide bonds. The number of thioether (sulfide) groups is 2. The first-order valence-corrected chi connectivity index (χ1v) is 14.1. The van der Waals surface area contributed by atoms with Crippen LogP contribution in [0.1, 0.15) is 20.7 Å². The van der Waals surface area contributed by atoms with E-state index in [4.69, 9.17) is 24.4 Å². The van der Waals surface area contributed by atoms with E-state index in [2.05, 4.69) is 10.6 Å². The second-order valence-electron chi connectivity index (χ2n) is 7.45. The monoisotopic (exact) mass is 532 g/mol. The summed E-state index contributed by atoms with van der Waals surface area (Å²) in [5.41, 5.74) is 1.13. The van der Waals surface area contributed by atoms with Gasteiger partial charge in [0.25, 0.3) is 11.8 Å². The van der Waals surface area contributed by atoms with Gasteiger partial charge in [0.05, 0.1) is 0 Å². The highest BCUT2D eigenvalue weighted by molar-refractivity contribution is 8.02. The van der Waals surface area contributed by atoms with Crippen LogP contribution >= 0.6 is 48.0 Å². The Morgan fingerprint density at radius 1 is 0.618 bits per heavy atom. The normalized spacial score (nSPS) is 15.4. The Morgan fingerprint density at radius 2 is 1.00 bits per heavy atom. The highest BCUT2D eigenvalue weighted by Crippen LogP contribution is 2.11. The molecule has 1 aliphatic rings. The number of carbonyl (C=O) groups is 2. The van der Waals surface area contributed by atoms with Gasteiger partial charge in [0.2, 0.25) is 0 Å². The van der Waals surface area contributed by atoms with Gasteiger partial charge in [-0.2, -0.15) is 23.5 Å². The average Bonchev–Trinajstić information content (AvgIpc) is 2.85. The van der Waals surface area contributed by atoms with Crippen LogP contribution in [0.4, 0.5) is 0 Å². The molecular formula is C24H28N4O2S4. The summed E-state index contributed by atoms with van der Waals surface area (Å²) in [6.45, 7) is 2.61. The Kier molecular flexibility index (Phi) is 11.1. The smallest absolute Gasteiger partial charge is 0.257 e. The summed E-state index contributed by atoms with van der Waals surface area (Å²) in [6, 6.07) is 18.1. The largest absolute Gasteiger partial charge is 0.346 e. The lowest BCUT2D eigenvalue weighted by molar-refractivity contribution is 0.0963. The van der Waals surface area contributed by atoms with E-state index >= 15 is 0 Å². The number of nitrogens with one attached hydrogen (secondary N) is 2. The van der Waals surface area contributed by atoms with Crippen molar-refractivity contribution >= 4 is 70.0 Å². The number of hydrogen-bond acceptors (Lipinski definition) is 6. The third-order valence-corrected chi connectivity index (χ3v) is 8.02. The number of nitrogens with zero attached hydrogens (tertiary/aromatic N) is 2. The number of thiocarbonyl (C=S) groups is 2. The first kappa shape index (κ1) is 26.5. The minimum Gasteiger partial charge on any atom is -0.346 e. The molecule has 180 valence electrons. The van der Waals surface area contributed by atoms with Gasteiger partial charge >= 0.3 is 0 Å². The molecule has 0 spiro atoms. The molecule has 3 rings (SSSR count). The molecule has 2 N–H and O–H groups in total. The van der Waals surface area contributed by atoms with Gasteiger partial charge in [-0.05, 0) is 48.7 Å². The van der Waals surface area contributed by atoms with E-state index in [0.29, 0.717) is 34.4 Å². The fourth-order valence-corrected chi connectivity index (χ4v) is 5.82. The van der Waals surface area contributed by atoms with Crippen molar-refractivity contribution in [3.8, 4) is 0 Å². The lowest BCUT2D eigenvalue weighted by atomic mass is 10.2. The van der Waals surface area contributed by atoms with Crippen molar-refractivity contribution in [2.75, 3.05) is 49.2 Å². The number of amides is 2. The standard InChI is InChI=1S/C24H28N4O2S4/c29-21(19-7-3-1-4-8-19)25-23(31)27-11-12-28(14-16-34-18-17-33-15-13-27)24(32)26-22(30)20-9-5-2-6-10-20/h1-10H,11-18H2,(H,25,29,31)(H,26,30,32). The molecular weight excluding hydrogens is 505 g/mol. The molecule has 0 atom stereocenters. The lowest BCUT2D eigenvalue weighted by Crippen LogP contribution is -2.50. The van der Waals surface area contributed by atoms with Crippen LogP contribution in [0.2, 0.25) is 0 Å². The average molecular weight is 533 g/mol. The second-order valence-corrected chi connectivity index (χ2v) is 10.7. The SMILES string of the molecule is O=C(NC(=S)N1CCSCCSCCN(C(=S)NC(=O)c2ccccc2)CC1)c1ccccc1. The van der Waals surface area contributed by atoms with E-state index < -0.39 is 0 Å². The lowest BCUT2D eigenvalue weighted by Gasteiger charge is -2.31. The minimum atomic E-state index is -0.219. The first-order chi connectivity index (χ1) is 16.5. The predicted molar refractivity (Wildman–Crippen MR) is 151 cm³/mol. The van der Waals surface area contributed by atoms with Crippen molar-refractivity contribution in [3.05, 3.63) is 71.8 Å². The van der Waals surface area contributed by atoms with Crippen LogP contribution in [-0.4, -0.2) is 81.0 Å². The Labute approximate surface area is 220 Å². The van der Waals surface area contributed by atoms with Gasteiger partial charge in [0.15, 0.2) is 10.2 Å². The van der Waals surface area contributed by atoms with Crippen LogP contribution < -0.4 is 10.6 Å². The Morgan fingerprint density at radius 3 is 1.38 bits per heavy atom. The van der Waals surface area contributed by atoms with Crippen LogP contribution in [0.3, 0.4) is 0 Å². The number of benzene rings is 2. The number of carbonyl (C=O) groups excluding carboxylic acids is 2. The number of hydrogen-bond donors (Lipinski definition) is 2. The van der Waals surface area contributed by atoms with Crippen molar-refractivity contribution in [2.24, 2.45) is 0 Å². The van der Waals surface area contributed by atoms with Gasteiger partial charge in [0.1, 0.15) is 0 Å². The molecule has 0 aliphatic carbocycles. The quantitative estimate of drug-likeness (QED) is 0.570. The van der Waals surface area contributed by atoms with E-state index in [-0.39, 0.29) is 11.8 Å². The van der Waals surface area contributed by atoms with Crippen LogP contribution in [0.15, 0.2) is 60.7 Å². The van der Waals surface area contributed by atoms with Crippen molar-refractivity contribution in [1.29, 1.82) is 0 Å². The second kappa shape index (κ2) is 14.3. The van der Waals surface area contributed by atoms with Crippen LogP contribution in [0, 0.1) is 0 Å². The zero-order chi connectivity index (χ0) is 24.2. The Balaban J connectivity index is 1.64. The summed E-state index contributed by atoms with van der Waals surface area (Å²) in [6.07, 6.45) is 0. The first-order valence-electron chi connectivity index (χ1n) is 11.0. The molecule has 2 aromatic rings. The molecule has 1 heterocycles. The van der Waals surface area contributed by atoms with Gasteiger partial charge in [-0.1, -0.05) is 36.4 Å².